The van der Waals surface area contributed by atoms with E-state index >= 15 is 0 Å². The van der Waals surface area contributed by atoms with Gasteiger partial charge in [0.25, 0.3) is 0 Å². The Labute approximate surface area is 314 Å². The number of hydrogen-bond acceptors (Lipinski definition) is 12. The van der Waals surface area contributed by atoms with Crippen LogP contribution in [-0.2, 0) is 42.6 Å². The first-order valence-electron chi connectivity index (χ1n) is 20.6. The van der Waals surface area contributed by atoms with Crippen molar-refractivity contribution in [2.24, 2.45) is 11.8 Å². The second-order valence-corrected chi connectivity index (χ2v) is 17.5. The maximum Gasteiger partial charge on any atom is 0.172 e. The van der Waals surface area contributed by atoms with Crippen LogP contribution in [0, 0.1) is 11.8 Å². The van der Waals surface area contributed by atoms with Crippen molar-refractivity contribution < 1.29 is 58.0 Å². The molecule has 6 bridgehead atoms. The third kappa shape index (κ3) is 7.59. The van der Waals surface area contributed by atoms with Gasteiger partial charge in [-0.25, -0.2) is 0 Å². The van der Waals surface area contributed by atoms with E-state index in [1.165, 1.54) is 0 Å². The third-order valence-electron chi connectivity index (χ3n) is 13.9. The Bertz CT molecular complexity index is 1310. The Kier molecular flexibility index (Phi) is 11.5. The van der Waals surface area contributed by atoms with E-state index in [9.17, 15) is 15.3 Å². The monoisotopic (exact) mass is 748 g/mol. The predicted octanol–water partition coefficient (Wildman–Crippen LogP) is 3.90. The minimum atomic E-state index is -0.922. The number of methoxy groups -OCH3 is 1. The molecular formula is C41H64O12. The standard InChI is InChI=1S/C41H64O12/c1-7-26-12-20(2)22(4)31(47-26)17-32-29(35(45-6)33(49-32)16-25(44)19-42)15-24(43)14-27-8-9-30-36(48-27)40-39-38(50-30)37-34(51-39)18-41(52-37,53-40)11-10-28-13-21(3)23(5)46-28/h20,23-40,42-44H,3-4,7-19H2,1-2,5-6H3. The lowest BCUT2D eigenvalue weighted by Crippen LogP contribution is -2.61. The molecule has 0 saturated carbocycles. The van der Waals surface area contributed by atoms with Crippen LogP contribution in [0.1, 0.15) is 97.8 Å². The van der Waals surface area contributed by atoms with Crippen molar-refractivity contribution in [3.63, 3.8) is 0 Å². The summed E-state index contributed by atoms with van der Waals surface area (Å²) >= 11 is 0. The van der Waals surface area contributed by atoms with Gasteiger partial charge in [-0.2, -0.15) is 0 Å². The van der Waals surface area contributed by atoms with Crippen LogP contribution in [0.3, 0.4) is 0 Å². The van der Waals surface area contributed by atoms with Crippen molar-refractivity contribution in [1.29, 1.82) is 0 Å². The van der Waals surface area contributed by atoms with Crippen molar-refractivity contribution in [2.75, 3.05) is 13.7 Å². The van der Waals surface area contributed by atoms with Gasteiger partial charge in [-0.15, -0.1) is 0 Å². The zero-order valence-corrected chi connectivity index (χ0v) is 32.1. The number of aliphatic hydroxyl groups excluding tert-OH is 3. The molecule has 9 aliphatic heterocycles. The van der Waals surface area contributed by atoms with Gasteiger partial charge < -0.3 is 58.0 Å². The molecule has 0 aliphatic carbocycles. The molecule has 0 amide bonds. The maximum atomic E-state index is 11.8. The molecule has 0 radical (unpaired) electrons. The fourth-order valence-electron chi connectivity index (χ4n) is 11.0. The molecule has 300 valence electrons. The lowest BCUT2D eigenvalue weighted by atomic mass is 9.81. The molecule has 0 aromatic carbocycles. The average Bonchev–Trinajstić information content (AvgIpc) is 3.80. The summed E-state index contributed by atoms with van der Waals surface area (Å²) in [5.41, 5.74) is 2.21. The SMILES string of the molecule is C=C1CC(CCC23CC4OC5C(OC6CCC(CC(O)CC7C(CC8OC(CC)CC(C)C8=C)OC(CC(O)CO)C7OC)OC6C5O2)C4O3)OC1C. The van der Waals surface area contributed by atoms with E-state index in [1.807, 2.05) is 0 Å². The molecule has 9 saturated heterocycles. The highest BCUT2D eigenvalue weighted by Gasteiger charge is 2.68. The van der Waals surface area contributed by atoms with E-state index in [0.29, 0.717) is 38.0 Å². The first-order valence-corrected chi connectivity index (χ1v) is 20.6. The summed E-state index contributed by atoms with van der Waals surface area (Å²) in [6.45, 7) is 14.6. The van der Waals surface area contributed by atoms with Gasteiger partial charge in [0.15, 0.2) is 5.79 Å². The molecule has 3 N–H and O–H groups in total. The Balaban J connectivity index is 0.930. The number of fused-ring (bicyclic) bond motifs is 1. The molecule has 0 aromatic rings. The molecule has 9 fully saturated rings. The zero-order chi connectivity index (χ0) is 37.2. The van der Waals surface area contributed by atoms with Crippen molar-refractivity contribution in [3.8, 4) is 0 Å². The predicted molar refractivity (Wildman–Crippen MR) is 192 cm³/mol. The van der Waals surface area contributed by atoms with Gasteiger partial charge in [0.05, 0.1) is 79.9 Å². The fraction of sp³-hybridized carbons (Fsp3) is 0.902. The summed E-state index contributed by atoms with van der Waals surface area (Å²) in [6.07, 6.45) is 4.18. The van der Waals surface area contributed by atoms with Gasteiger partial charge >= 0.3 is 0 Å². The zero-order valence-electron chi connectivity index (χ0n) is 32.1. The summed E-state index contributed by atoms with van der Waals surface area (Å²) in [7, 11) is 1.65. The molecule has 9 heterocycles. The summed E-state index contributed by atoms with van der Waals surface area (Å²) in [4.78, 5) is 0. The highest BCUT2D eigenvalue weighted by molar-refractivity contribution is 5.14. The van der Waals surface area contributed by atoms with Crippen LogP contribution in [0.2, 0.25) is 0 Å². The van der Waals surface area contributed by atoms with E-state index in [2.05, 4.69) is 33.9 Å². The van der Waals surface area contributed by atoms with Crippen LogP contribution in [0.25, 0.3) is 0 Å². The second-order valence-electron chi connectivity index (χ2n) is 17.5. The molecule has 9 aliphatic rings. The molecule has 12 nitrogen and oxygen atoms in total. The van der Waals surface area contributed by atoms with E-state index < -0.39 is 24.1 Å². The molecule has 53 heavy (non-hydrogen) atoms. The molecule has 9 rings (SSSR count). The smallest absolute Gasteiger partial charge is 0.172 e. The van der Waals surface area contributed by atoms with Crippen LogP contribution in [0.5, 0.6) is 0 Å². The Morgan fingerprint density at radius 3 is 2.32 bits per heavy atom. The lowest BCUT2D eigenvalue weighted by Gasteiger charge is -2.47. The van der Waals surface area contributed by atoms with Gasteiger partial charge in [-0.3, -0.25) is 0 Å². The van der Waals surface area contributed by atoms with Crippen molar-refractivity contribution in [1.82, 2.24) is 0 Å². The molecule has 20 atom stereocenters. The Morgan fingerprint density at radius 2 is 1.58 bits per heavy atom. The van der Waals surface area contributed by atoms with Crippen molar-refractivity contribution in [3.05, 3.63) is 24.3 Å². The lowest BCUT2D eigenvalue weighted by molar-refractivity contribution is -0.294. The van der Waals surface area contributed by atoms with Gasteiger partial charge in [-0.1, -0.05) is 27.0 Å². The molecule has 0 aromatic heterocycles. The summed E-state index contributed by atoms with van der Waals surface area (Å²) < 4.78 is 59.1. The van der Waals surface area contributed by atoms with Crippen LogP contribution < -0.4 is 0 Å². The minimum Gasteiger partial charge on any atom is -0.394 e. The first-order chi connectivity index (χ1) is 25.5. The Hall–Kier alpha value is -1.00. The van der Waals surface area contributed by atoms with Crippen LogP contribution in [0.15, 0.2) is 24.3 Å². The van der Waals surface area contributed by atoms with Crippen LogP contribution >= 0.6 is 0 Å². The quantitative estimate of drug-likeness (QED) is 0.222. The minimum absolute atomic E-state index is 0.0592. The summed E-state index contributed by atoms with van der Waals surface area (Å²) in [5, 5.41) is 31.8. The molecule has 12 heteroatoms. The summed E-state index contributed by atoms with van der Waals surface area (Å²) in [5.74, 6) is -0.573. The van der Waals surface area contributed by atoms with Crippen LogP contribution in [-0.4, -0.2) is 139 Å². The largest absolute Gasteiger partial charge is 0.394 e. The molecule has 0 spiro atoms. The van der Waals surface area contributed by atoms with Gasteiger partial charge in [0.1, 0.15) is 30.5 Å². The number of rotatable bonds is 14. The molecular weight excluding hydrogens is 684 g/mol. The highest BCUT2D eigenvalue weighted by Crippen LogP contribution is 2.54. The normalized spacial score (nSPS) is 50.1. The van der Waals surface area contributed by atoms with Crippen LogP contribution in [0.4, 0.5) is 0 Å². The highest BCUT2D eigenvalue weighted by atomic mass is 16.8. The second kappa shape index (κ2) is 15.7. The topological polar surface area (TPSA) is 144 Å². The number of hydrogen-bond donors (Lipinski definition) is 3. The Morgan fingerprint density at radius 1 is 0.811 bits per heavy atom. The van der Waals surface area contributed by atoms with E-state index in [-0.39, 0.29) is 104 Å². The first kappa shape index (κ1) is 38.9. The molecule has 20 unspecified atom stereocenters. The number of aliphatic hydroxyl groups is 3. The van der Waals surface area contributed by atoms with E-state index in [1.54, 1.807) is 7.11 Å². The van der Waals surface area contributed by atoms with Gasteiger partial charge in [-0.05, 0) is 75.4 Å². The van der Waals surface area contributed by atoms with E-state index in [4.69, 9.17) is 42.6 Å². The van der Waals surface area contributed by atoms with Crippen molar-refractivity contribution in [2.45, 2.75) is 207 Å². The average molecular weight is 749 g/mol. The van der Waals surface area contributed by atoms with Crippen molar-refractivity contribution >= 4 is 0 Å². The van der Waals surface area contributed by atoms with Gasteiger partial charge in [0, 0.05) is 38.7 Å². The summed E-state index contributed by atoms with van der Waals surface area (Å²) in [6, 6.07) is 0. The maximum absolute atomic E-state index is 11.8. The fourth-order valence-corrected chi connectivity index (χ4v) is 11.0. The van der Waals surface area contributed by atoms with Gasteiger partial charge in [0.2, 0.25) is 0 Å². The third-order valence-corrected chi connectivity index (χ3v) is 13.9. The van der Waals surface area contributed by atoms with E-state index in [0.717, 1.165) is 49.7 Å². The number of ether oxygens (including phenoxy) is 9.